The highest BCUT2D eigenvalue weighted by Gasteiger charge is 2.46. The van der Waals surface area contributed by atoms with Crippen LogP contribution in [0.25, 0.3) is 61.9 Å². The van der Waals surface area contributed by atoms with Crippen molar-refractivity contribution in [3.05, 3.63) is 139 Å². The van der Waals surface area contributed by atoms with Gasteiger partial charge < -0.3 is 0 Å². The van der Waals surface area contributed by atoms with E-state index in [1.54, 1.807) is 28.7 Å². The molecular formula is C46H26O4S4. The van der Waals surface area contributed by atoms with Crippen molar-refractivity contribution in [2.45, 2.75) is 37.5 Å². The number of hydrogen-bond donors (Lipinski definition) is 0. The molecule has 0 aliphatic heterocycles. The molecule has 0 radical (unpaired) electrons. The van der Waals surface area contributed by atoms with Crippen molar-refractivity contribution >= 4 is 130 Å². The zero-order chi connectivity index (χ0) is 36.0. The quantitative estimate of drug-likeness (QED) is 0.130. The van der Waals surface area contributed by atoms with Crippen molar-refractivity contribution in [3.63, 3.8) is 0 Å². The van der Waals surface area contributed by atoms with Gasteiger partial charge in [-0.15, -0.1) is 45.3 Å². The van der Waals surface area contributed by atoms with Crippen LogP contribution in [0.15, 0.2) is 102 Å². The summed E-state index contributed by atoms with van der Waals surface area (Å²) in [5, 5.41) is 3.84. The predicted octanol–water partition coefficient (Wildman–Crippen LogP) is 12.8. The molecule has 8 heteroatoms. The first-order valence-corrected chi connectivity index (χ1v) is 21.4. The molecular weight excluding hydrogens is 745 g/mol. The third-order valence-corrected chi connectivity index (χ3v) is 17.3. The van der Waals surface area contributed by atoms with E-state index in [-0.39, 0.29) is 39.7 Å². The molecule has 4 aromatic carbocycles. The van der Waals surface area contributed by atoms with E-state index in [4.69, 9.17) is 0 Å². The Morgan fingerprint density at radius 2 is 1.00 bits per heavy atom. The lowest BCUT2D eigenvalue weighted by molar-refractivity contribution is 0.0974. The zero-order valence-electron chi connectivity index (χ0n) is 28.5. The smallest absolute Gasteiger partial charge is 0.197 e. The molecule has 54 heavy (non-hydrogen) atoms. The van der Waals surface area contributed by atoms with E-state index in [1.807, 2.05) is 102 Å². The molecule has 0 N–H and O–H groups in total. The highest BCUT2D eigenvalue weighted by molar-refractivity contribution is 7.44. The summed E-state index contributed by atoms with van der Waals surface area (Å²) >= 11 is 7.13. The summed E-state index contributed by atoms with van der Waals surface area (Å²) in [5.74, 6) is -0.754. The lowest BCUT2D eigenvalue weighted by Crippen LogP contribution is -2.29. The lowest BCUT2D eigenvalue weighted by Gasteiger charge is -2.36. The van der Waals surface area contributed by atoms with Gasteiger partial charge in [0.2, 0.25) is 0 Å². The Morgan fingerprint density at radius 3 is 1.56 bits per heavy atom. The first kappa shape index (κ1) is 31.3. The second-order valence-corrected chi connectivity index (χ2v) is 19.1. The average molecular weight is 771 g/mol. The third kappa shape index (κ3) is 4.11. The van der Waals surface area contributed by atoms with Gasteiger partial charge in [-0.25, -0.2) is 0 Å². The van der Waals surface area contributed by atoms with Gasteiger partial charge in [-0.1, -0.05) is 67.8 Å². The van der Waals surface area contributed by atoms with E-state index >= 15 is 0 Å². The molecule has 12 rings (SSSR count). The van der Waals surface area contributed by atoms with Gasteiger partial charge in [-0.05, 0) is 94.1 Å². The van der Waals surface area contributed by atoms with Gasteiger partial charge in [0.1, 0.15) is 0 Å². The van der Waals surface area contributed by atoms with Gasteiger partial charge in [0.05, 0.1) is 34.6 Å². The molecule has 0 saturated heterocycles. The topological polar surface area (TPSA) is 68.3 Å². The maximum atomic E-state index is 13.8. The van der Waals surface area contributed by atoms with Crippen molar-refractivity contribution in [2.24, 2.45) is 0 Å². The van der Waals surface area contributed by atoms with Gasteiger partial charge in [0.25, 0.3) is 0 Å². The minimum Gasteiger partial charge on any atom is -0.288 e. The van der Waals surface area contributed by atoms with E-state index < -0.39 is 0 Å². The standard InChI is InChI=1S/C46H26O4S4/c47-37-28-14-22-8-2-3-9-23(22)15-29(28)38(48)32(37)18-26-19-34-36(46(26)12-6-1-7-13-46)42-44(52-34)45-43(54-42)41-35(53-45)21-27(51-41)20-33-39(49)30-16-24-10-4-5-11-25(24)17-31(30)40(33)50/h2-5,8-11,14-21H,1,6-7,12-13H2. The summed E-state index contributed by atoms with van der Waals surface area (Å²) in [6, 6.07) is 25.3. The molecule has 4 aliphatic carbocycles. The van der Waals surface area contributed by atoms with Gasteiger partial charge in [0.15, 0.2) is 23.1 Å². The first-order valence-electron chi connectivity index (χ1n) is 18.2. The van der Waals surface area contributed by atoms with Crippen molar-refractivity contribution in [3.8, 4) is 0 Å². The monoisotopic (exact) mass is 770 g/mol. The molecule has 0 amide bonds. The van der Waals surface area contributed by atoms with Gasteiger partial charge in [-0.2, -0.15) is 0 Å². The highest BCUT2D eigenvalue weighted by atomic mass is 32.1. The Labute approximate surface area is 324 Å². The van der Waals surface area contributed by atoms with Gasteiger partial charge in [0, 0.05) is 42.1 Å². The summed E-state index contributed by atoms with van der Waals surface area (Å²) in [7, 11) is 0. The van der Waals surface area contributed by atoms with Crippen LogP contribution >= 0.6 is 45.3 Å². The van der Waals surface area contributed by atoms with Crippen LogP contribution in [0.4, 0.5) is 0 Å². The van der Waals surface area contributed by atoms with Crippen LogP contribution in [0.2, 0.25) is 0 Å². The molecule has 1 spiro atoms. The van der Waals surface area contributed by atoms with E-state index in [1.165, 1.54) is 45.1 Å². The Hall–Kier alpha value is -5.12. The van der Waals surface area contributed by atoms with Gasteiger partial charge in [-0.3, -0.25) is 19.2 Å². The first-order chi connectivity index (χ1) is 26.4. The Morgan fingerprint density at radius 1 is 0.500 bits per heavy atom. The van der Waals surface area contributed by atoms with Crippen molar-refractivity contribution in [1.29, 1.82) is 0 Å². The number of benzene rings is 4. The lowest BCUT2D eigenvalue weighted by atomic mass is 9.67. The number of Topliss-reactive ketones (excluding diaryl/α,β-unsaturated/α-hetero) is 4. The summed E-state index contributed by atoms with van der Waals surface area (Å²) < 4.78 is 7.56. The molecule has 4 heterocycles. The van der Waals surface area contributed by atoms with Crippen LogP contribution in [-0.2, 0) is 5.41 Å². The fraction of sp³-hybridized carbons (Fsp3) is 0.130. The van der Waals surface area contributed by atoms with Crippen molar-refractivity contribution < 1.29 is 19.2 Å². The fourth-order valence-corrected chi connectivity index (χ4v) is 15.4. The number of fused-ring (bicyclic) bond motifs is 12. The summed E-state index contributed by atoms with van der Waals surface area (Å²) in [4.78, 5) is 56.9. The number of rotatable bonds is 2. The molecule has 1 fully saturated rings. The maximum Gasteiger partial charge on any atom is 0.197 e. The number of ketones is 4. The van der Waals surface area contributed by atoms with Crippen molar-refractivity contribution in [2.75, 3.05) is 0 Å². The number of thiophene rings is 4. The number of carbonyl (C=O) groups excluding carboxylic acids is 4. The average Bonchev–Trinajstić information content (AvgIpc) is 4.03. The predicted molar refractivity (Wildman–Crippen MR) is 224 cm³/mol. The minimum absolute atomic E-state index is 0.172. The third-order valence-electron chi connectivity index (χ3n) is 12.0. The van der Waals surface area contributed by atoms with Crippen LogP contribution in [0.1, 0.15) is 88.9 Å². The fourth-order valence-electron chi connectivity index (χ4n) is 9.41. The Kier molecular flexibility index (Phi) is 6.36. The maximum absolute atomic E-state index is 13.8. The molecule has 4 nitrogen and oxygen atoms in total. The van der Waals surface area contributed by atoms with E-state index in [2.05, 4.69) is 12.1 Å². The van der Waals surface area contributed by atoms with Crippen LogP contribution in [-0.4, -0.2) is 23.1 Å². The van der Waals surface area contributed by atoms with E-state index in [0.29, 0.717) is 22.3 Å². The van der Waals surface area contributed by atoms with E-state index in [0.717, 1.165) is 57.7 Å². The number of carbonyl (C=O) groups is 4. The highest BCUT2D eigenvalue weighted by Crippen LogP contribution is 2.61. The summed E-state index contributed by atoms with van der Waals surface area (Å²) in [6.07, 6.45) is 11.4. The molecule has 0 unspecified atom stereocenters. The van der Waals surface area contributed by atoms with Crippen LogP contribution in [0.3, 0.4) is 0 Å². The van der Waals surface area contributed by atoms with Crippen LogP contribution in [0, 0.1) is 0 Å². The second kappa shape index (κ2) is 11.0. The molecule has 1 saturated carbocycles. The Bertz CT molecular complexity index is 3100. The normalized spacial score (nSPS) is 17.6. The molecule has 0 atom stereocenters. The summed E-state index contributed by atoms with van der Waals surface area (Å²) in [5.41, 5.74) is 4.76. The van der Waals surface area contributed by atoms with Gasteiger partial charge >= 0.3 is 0 Å². The van der Waals surface area contributed by atoms with Crippen LogP contribution in [0.5, 0.6) is 0 Å². The summed E-state index contributed by atoms with van der Waals surface area (Å²) in [6.45, 7) is 0. The molecule has 0 bridgehead atoms. The van der Waals surface area contributed by atoms with Crippen LogP contribution < -0.4 is 0 Å². The van der Waals surface area contributed by atoms with E-state index in [9.17, 15) is 19.2 Å². The molecule has 4 aliphatic rings. The van der Waals surface area contributed by atoms with Crippen molar-refractivity contribution in [1.82, 2.24) is 0 Å². The molecule has 4 aromatic heterocycles. The Balaban J connectivity index is 0.937. The number of allylic oxidation sites excluding steroid dienone is 4. The SMILES string of the molecule is O=C1C(=CC2=Cc3sc4c(sc5c6sc(C=C7C(=O)c8cc9ccccc9cc8C7=O)cc6sc45)c3C23CCCCC3)C(=O)c2cc3ccccc3cc21. The largest absolute Gasteiger partial charge is 0.288 e. The molecule has 8 aromatic rings. The molecule has 258 valence electrons. The second-order valence-electron chi connectivity index (χ2n) is 14.9. The minimum atomic E-state index is -0.223. The zero-order valence-corrected chi connectivity index (χ0v) is 31.8. The number of hydrogen-bond acceptors (Lipinski definition) is 8.